The van der Waals surface area contributed by atoms with Crippen LogP contribution in [0.3, 0.4) is 0 Å². The van der Waals surface area contributed by atoms with Crippen LogP contribution in [-0.4, -0.2) is 15.0 Å². The van der Waals surface area contributed by atoms with Gasteiger partial charge in [0.25, 0.3) is 0 Å². The Morgan fingerprint density at radius 3 is 1.73 bits per heavy atom. The highest BCUT2D eigenvalue weighted by Gasteiger charge is 1.85. The van der Waals surface area contributed by atoms with Crippen molar-refractivity contribution in [2.24, 2.45) is 7.05 Å². The molecule has 0 aliphatic heterocycles. The fourth-order valence-corrected chi connectivity index (χ4v) is 0.341. The van der Waals surface area contributed by atoms with Crippen LogP contribution in [0, 0.1) is 6.92 Å². The Bertz CT molecular complexity index is 142. The molecule has 1 heterocycles. The number of rotatable bonds is 0. The van der Waals surface area contributed by atoms with Gasteiger partial charge in [0, 0.05) is 7.05 Å². The second-order valence-electron chi connectivity index (χ2n) is 1.50. The van der Waals surface area contributed by atoms with E-state index >= 15 is 0 Å². The van der Waals surface area contributed by atoms with Gasteiger partial charge in [0.2, 0.25) is 0 Å². The van der Waals surface area contributed by atoms with Crippen molar-refractivity contribution in [1.29, 1.82) is 0 Å². The van der Waals surface area contributed by atoms with Crippen LogP contribution in [0.4, 0.5) is 0 Å². The molecule has 0 unspecified atom stereocenters. The van der Waals surface area contributed by atoms with Gasteiger partial charge >= 0.3 is 0 Å². The van der Waals surface area contributed by atoms with E-state index in [2.05, 4.69) is 10.3 Å². The Balaban J connectivity index is 0. The molecule has 0 atom stereocenters. The molecule has 3 nitrogen and oxygen atoms in total. The zero-order valence-electron chi connectivity index (χ0n) is 8.42. The zero-order valence-corrected chi connectivity index (χ0v) is 8.42. The third-order valence-electron chi connectivity index (χ3n) is 0.941. The van der Waals surface area contributed by atoms with Gasteiger partial charge in [-0.1, -0.05) is 32.9 Å². The monoisotopic (exact) mass is 157 g/mol. The van der Waals surface area contributed by atoms with Crippen molar-refractivity contribution in [3.63, 3.8) is 0 Å². The van der Waals surface area contributed by atoms with E-state index in [1.165, 1.54) is 0 Å². The molecule has 1 rings (SSSR count). The van der Waals surface area contributed by atoms with Gasteiger partial charge in [-0.15, -0.1) is 5.10 Å². The first kappa shape index (κ1) is 12.8. The molecule has 0 radical (unpaired) electrons. The first-order chi connectivity index (χ1) is 5.30. The lowest BCUT2D eigenvalue weighted by Crippen LogP contribution is -1.91. The second kappa shape index (κ2) is 9.14. The van der Waals surface area contributed by atoms with Crippen LogP contribution in [0.15, 0.2) is 6.20 Å². The Hall–Kier alpha value is -0.860. The van der Waals surface area contributed by atoms with Crippen LogP contribution < -0.4 is 0 Å². The summed E-state index contributed by atoms with van der Waals surface area (Å²) in [5, 5.41) is 7.32. The topological polar surface area (TPSA) is 30.7 Å². The number of hydrogen-bond acceptors (Lipinski definition) is 2. The molecule has 0 aliphatic carbocycles. The highest BCUT2D eigenvalue weighted by molar-refractivity contribution is 4.86. The minimum absolute atomic E-state index is 1.08. The molecule has 11 heavy (non-hydrogen) atoms. The smallest absolute Gasteiger partial charge is 0.0722 e. The molecule has 0 fully saturated rings. The third kappa shape index (κ3) is 5.58. The summed E-state index contributed by atoms with van der Waals surface area (Å²) in [4.78, 5) is 0. The van der Waals surface area contributed by atoms with Crippen LogP contribution in [0.2, 0.25) is 0 Å². The lowest BCUT2D eigenvalue weighted by molar-refractivity contribution is 0.696. The minimum Gasteiger partial charge on any atom is -0.253 e. The maximum Gasteiger partial charge on any atom is 0.0722 e. The van der Waals surface area contributed by atoms with Crippen molar-refractivity contribution in [3.8, 4) is 0 Å². The maximum absolute atomic E-state index is 3.68. The summed E-state index contributed by atoms with van der Waals surface area (Å²) in [6.07, 6.45) is 1.72. The Kier molecular flexibility index (Phi) is 10.6. The summed E-state index contributed by atoms with van der Waals surface area (Å²) in [6, 6.07) is 0. The van der Waals surface area contributed by atoms with Gasteiger partial charge in [-0.2, -0.15) is 0 Å². The Labute approximate surface area is 69.4 Å². The molecular formula is C8H19N3. The summed E-state index contributed by atoms with van der Waals surface area (Å²) in [6.45, 7) is 9.96. The first-order valence-electron chi connectivity index (χ1n) is 4.12. The van der Waals surface area contributed by atoms with Crippen molar-refractivity contribution in [2.45, 2.75) is 34.6 Å². The van der Waals surface area contributed by atoms with E-state index in [1.807, 2.05) is 41.7 Å². The highest BCUT2D eigenvalue weighted by atomic mass is 15.4. The number of hydrogen-bond donors (Lipinski definition) is 0. The SMILES string of the molecule is CC.CC.Cc1cnnn1C. The van der Waals surface area contributed by atoms with Crippen LogP contribution in [-0.2, 0) is 7.05 Å². The minimum atomic E-state index is 1.08. The standard InChI is InChI=1S/C4H7N3.2C2H6/c1-4-3-5-6-7(4)2;2*1-2/h3H,1-2H3;2*1-2H3. The van der Waals surface area contributed by atoms with E-state index in [0.29, 0.717) is 0 Å². The highest BCUT2D eigenvalue weighted by Crippen LogP contribution is 1.84. The first-order valence-corrected chi connectivity index (χ1v) is 4.12. The Morgan fingerprint density at radius 2 is 1.64 bits per heavy atom. The van der Waals surface area contributed by atoms with Gasteiger partial charge in [-0.05, 0) is 6.92 Å². The van der Waals surface area contributed by atoms with Gasteiger partial charge in [0.15, 0.2) is 0 Å². The lowest BCUT2D eigenvalue weighted by Gasteiger charge is -1.84. The molecule has 0 aromatic carbocycles. The van der Waals surface area contributed by atoms with Gasteiger partial charge in [0.1, 0.15) is 0 Å². The maximum atomic E-state index is 3.68. The van der Waals surface area contributed by atoms with Crippen LogP contribution in [0.5, 0.6) is 0 Å². The lowest BCUT2D eigenvalue weighted by atomic mass is 10.6. The van der Waals surface area contributed by atoms with Crippen molar-refractivity contribution in [3.05, 3.63) is 11.9 Å². The zero-order chi connectivity index (χ0) is 9.28. The molecular weight excluding hydrogens is 138 g/mol. The normalized spacial score (nSPS) is 7.09. The molecule has 66 valence electrons. The molecule has 1 aromatic heterocycles. The molecule has 0 bridgehead atoms. The van der Waals surface area contributed by atoms with E-state index in [0.717, 1.165) is 5.69 Å². The van der Waals surface area contributed by atoms with Crippen LogP contribution in [0.25, 0.3) is 0 Å². The van der Waals surface area contributed by atoms with E-state index in [9.17, 15) is 0 Å². The predicted octanol–water partition coefficient (Wildman–Crippen LogP) is 2.18. The largest absolute Gasteiger partial charge is 0.253 e. The van der Waals surface area contributed by atoms with E-state index in [1.54, 1.807) is 10.9 Å². The quantitative estimate of drug-likeness (QED) is 0.578. The fourth-order valence-electron chi connectivity index (χ4n) is 0.341. The summed E-state index contributed by atoms with van der Waals surface area (Å²) in [5.74, 6) is 0. The Morgan fingerprint density at radius 1 is 1.18 bits per heavy atom. The molecule has 0 aliphatic rings. The molecule has 0 amide bonds. The predicted molar refractivity (Wildman–Crippen MR) is 48.4 cm³/mol. The van der Waals surface area contributed by atoms with Gasteiger partial charge < -0.3 is 0 Å². The van der Waals surface area contributed by atoms with Crippen molar-refractivity contribution in [1.82, 2.24) is 15.0 Å². The van der Waals surface area contributed by atoms with Crippen LogP contribution in [0.1, 0.15) is 33.4 Å². The van der Waals surface area contributed by atoms with Crippen molar-refractivity contribution >= 4 is 0 Å². The van der Waals surface area contributed by atoms with E-state index in [4.69, 9.17) is 0 Å². The molecule has 0 spiro atoms. The molecule has 0 saturated heterocycles. The summed E-state index contributed by atoms with van der Waals surface area (Å²) in [7, 11) is 1.86. The van der Waals surface area contributed by atoms with Crippen LogP contribution >= 0.6 is 0 Å². The van der Waals surface area contributed by atoms with E-state index in [-0.39, 0.29) is 0 Å². The third-order valence-corrected chi connectivity index (χ3v) is 0.941. The van der Waals surface area contributed by atoms with Gasteiger partial charge in [-0.25, -0.2) is 0 Å². The number of aryl methyl sites for hydroxylation is 2. The summed E-state index contributed by atoms with van der Waals surface area (Å²) in [5.41, 5.74) is 1.08. The molecule has 0 N–H and O–H groups in total. The van der Waals surface area contributed by atoms with Crippen molar-refractivity contribution in [2.75, 3.05) is 0 Å². The molecule has 3 heteroatoms. The van der Waals surface area contributed by atoms with Gasteiger partial charge in [0.05, 0.1) is 11.9 Å². The molecule has 1 aromatic rings. The average molecular weight is 157 g/mol. The number of aromatic nitrogens is 3. The second-order valence-corrected chi connectivity index (χ2v) is 1.50. The van der Waals surface area contributed by atoms with E-state index < -0.39 is 0 Å². The van der Waals surface area contributed by atoms with Gasteiger partial charge in [-0.3, -0.25) is 4.68 Å². The number of nitrogens with zero attached hydrogens (tertiary/aromatic N) is 3. The average Bonchev–Trinajstić information content (AvgIpc) is 2.44. The summed E-state index contributed by atoms with van der Waals surface area (Å²) < 4.78 is 1.72. The fraction of sp³-hybridized carbons (Fsp3) is 0.750. The van der Waals surface area contributed by atoms with Crippen molar-refractivity contribution < 1.29 is 0 Å². The molecule has 0 saturated carbocycles. The summed E-state index contributed by atoms with van der Waals surface area (Å²) >= 11 is 0.